The normalized spacial score (nSPS) is 10.9. The van der Waals surface area contributed by atoms with E-state index in [4.69, 9.17) is 20.0 Å². The largest absolute Gasteiger partial charge is 0.493 e. The Balaban J connectivity index is 2.29. The molecule has 1 heterocycles. The van der Waals surface area contributed by atoms with E-state index >= 15 is 0 Å². The summed E-state index contributed by atoms with van der Waals surface area (Å²) in [6.07, 6.45) is 6.29. The van der Waals surface area contributed by atoms with Crippen molar-refractivity contribution in [3.05, 3.63) is 54.0 Å². The van der Waals surface area contributed by atoms with E-state index in [0.717, 1.165) is 5.56 Å². The molecule has 0 aliphatic heterocycles. The first kappa shape index (κ1) is 19.7. The van der Waals surface area contributed by atoms with E-state index in [2.05, 4.69) is 32.0 Å². The van der Waals surface area contributed by atoms with Crippen molar-refractivity contribution in [2.24, 2.45) is 5.16 Å². The van der Waals surface area contributed by atoms with Gasteiger partial charge in [0.05, 0.1) is 26.1 Å². The molecule has 2 aromatic rings. The predicted molar refractivity (Wildman–Crippen MR) is 102 cm³/mol. The quantitative estimate of drug-likeness (QED) is 0.393. The van der Waals surface area contributed by atoms with Gasteiger partial charge in [-0.2, -0.15) is 0 Å². The van der Waals surface area contributed by atoms with Gasteiger partial charge in [0.15, 0.2) is 11.5 Å². The van der Waals surface area contributed by atoms with E-state index in [0.29, 0.717) is 22.8 Å². The first-order valence-corrected chi connectivity index (χ1v) is 7.78. The monoisotopic (exact) mass is 371 g/mol. The lowest BCUT2D eigenvalue weighted by Crippen LogP contribution is -2.07. The number of hydroxylamine groups is 1. The van der Waals surface area contributed by atoms with E-state index in [1.165, 1.54) is 26.8 Å². The van der Waals surface area contributed by atoms with Crippen LogP contribution in [0.5, 0.6) is 17.4 Å². The van der Waals surface area contributed by atoms with Crippen LogP contribution in [0, 0.1) is 0 Å². The minimum Gasteiger partial charge on any atom is -0.493 e. The number of nitrogens with one attached hydrogen (secondary N) is 1. The fraction of sp³-hybridized carbons (Fsp3) is 0.167. The molecule has 0 amide bonds. The molecule has 0 saturated heterocycles. The predicted octanol–water partition coefficient (Wildman–Crippen LogP) is 2.52. The third kappa shape index (κ3) is 5.44. The van der Waals surface area contributed by atoms with Crippen molar-refractivity contribution in [2.45, 2.75) is 0 Å². The van der Waals surface area contributed by atoms with Crippen LogP contribution in [0.3, 0.4) is 0 Å². The van der Waals surface area contributed by atoms with Crippen molar-refractivity contribution in [1.82, 2.24) is 15.4 Å². The average molecular weight is 371 g/mol. The molecule has 9 nitrogen and oxygen atoms in total. The number of hydrogen-bond donors (Lipinski definition) is 2. The van der Waals surface area contributed by atoms with Gasteiger partial charge in [-0.15, -0.1) is 0 Å². The SMILES string of the molecule is C=C(C=Cc1ccc(Oc2ncnc(N)c2C=NOC)c(OC)c1)NOC. The molecule has 0 bridgehead atoms. The van der Waals surface area contributed by atoms with Crippen LogP contribution in [0.15, 0.2) is 48.0 Å². The number of rotatable bonds is 9. The van der Waals surface area contributed by atoms with Gasteiger partial charge in [-0.25, -0.2) is 9.97 Å². The lowest BCUT2D eigenvalue weighted by molar-refractivity contribution is 0.121. The Morgan fingerprint density at radius 2 is 2.04 bits per heavy atom. The molecule has 0 aliphatic carbocycles. The lowest BCUT2D eigenvalue weighted by Gasteiger charge is -2.12. The Bertz CT molecular complexity index is 852. The molecule has 0 fully saturated rings. The lowest BCUT2D eigenvalue weighted by atomic mass is 10.2. The van der Waals surface area contributed by atoms with Gasteiger partial charge < -0.3 is 20.0 Å². The Morgan fingerprint density at radius 3 is 2.74 bits per heavy atom. The summed E-state index contributed by atoms with van der Waals surface area (Å²) < 4.78 is 11.3. The van der Waals surface area contributed by atoms with E-state index in [9.17, 15) is 0 Å². The van der Waals surface area contributed by atoms with Crippen LogP contribution in [0.25, 0.3) is 6.08 Å². The molecule has 0 unspecified atom stereocenters. The van der Waals surface area contributed by atoms with Gasteiger partial charge in [-0.3, -0.25) is 10.3 Å². The van der Waals surface area contributed by atoms with Gasteiger partial charge in [0, 0.05) is 0 Å². The highest BCUT2D eigenvalue weighted by Gasteiger charge is 2.13. The van der Waals surface area contributed by atoms with Crippen LogP contribution in [0.2, 0.25) is 0 Å². The molecule has 9 heteroatoms. The second-order valence-corrected chi connectivity index (χ2v) is 5.07. The standard InChI is InChI=1S/C18H21N5O4/c1-12(23-26-4)5-6-13-7-8-15(16(9-13)24-2)27-18-14(10-22-25-3)17(19)20-11-21-18/h5-11,23H,1H2,2-4H3,(H2,19,20,21). The second kappa shape index (κ2) is 9.78. The molecule has 0 atom stereocenters. The van der Waals surface area contributed by atoms with Gasteiger partial charge in [0.2, 0.25) is 5.88 Å². The average Bonchev–Trinajstić information content (AvgIpc) is 2.67. The molecule has 27 heavy (non-hydrogen) atoms. The summed E-state index contributed by atoms with van der Waals surface area (Å²) in [5.74, 6) is 1.40. The Labute approximate surface area is 157 Å². The number of allylic oxidation sites excluding steroid dienone is 1. The molecule has 1 aromatic heterocycles. The molecule has 0 radical (unpaired) electrons. The summed E-state index contributed by atoms with van der Waals surface area (Å²) in [7, 11) is 4.48. The maximum Gasteiger partial charge on any atom is 0.233 e. The van der Waals surface area contributed by atoms with Crippen LogP contribution in [0.1, 0.15) is 11.1 Å². The first-order valence-electron chi connectivity index (χ1n) is 7.78. The van der Waals surface area contributed by atoms with E-state index in [-0.39, 0.29) is 11.7 Å². The maximum absolute atomic E-state index is 5.86. The van der Waals surface area contributed by atoms with Crippen LogP contribution in [0.4, 0.5) is 5.82 Å². The van der Waals surface area contributed by atoms with Crippen LogP contribution in [-0.2, 0) is 9.68 Å². The van der Waals surface area contributed by atoms with Gasteiger partial charge >= 0.3 is 0 Å². The van der Waals surface area contributed by atoms with Gasteiger partial charge in [-0.05, 0) is 23.8 Å². The van der Waals surface area contributed by atoms with Gasteiger partial charge in [0.1, 0.15) is 24.8 Å². The number of oxime groups is 1. The zero-order chi connectivity index (χ0) is 19.6. The summed E-state index contributed by atoms with van der Waals surface area (Å²) >= 11 is 0. The number of nitrogens with zero attached hydrogens (tertiary/aromatic N) is 3. The fourth-order valence-electron chi connectivity index (χ4n) is 2.04. The second-order valence-electron chi connectivity index (χ2n) is 5.07. The number of nitrogens with two attached hydrogens (primary N) is 1. The summed E-state index contributed by atoms with van der Waals surface area (Å²) in [4.78, 5) is 17.5. The van der Waals surface area contributed by atoms with Crippen molar-refractivity contribution in [2.75, 3.05) is 27.1 Å². The third-order valence-electron chi connectivity index (χ3n) is 3.27. The van der Waals surface area contributed by atoms with Crippen molar-refractivity contribution in [1.29, 1.82) is 0 Å². The number of methoxy groups -OCH3 is 1. The smallest absolute Gasteiger partial charge is 0.233 e. The maximum atomic E-state index is 5.86. The first-order chi connectivity index (χ1) is 13.1. The summed E-state index contributed by atoms with van der Waals surface area (Å²) in [5, 5.41) is 3.69. The fourth-order valence-corrected chi connectivity index (χ4v) is 2.04. The van der Waals surface area contributed by atoms with Gasteiger partial charge in [0.25, 0.3) is 0 Å². The van der Waals surface area contributed by atoms with E-state index < -0.39 is 0 Å². The summed E-state index contributed by atoms with van der Waals surface area (Å²) in [5.41, 5.74) is 10.4. The van der Waals surface area contributed by atoms with E-state index in [1.807, 2.05) is 12.1 Å². The van der Waals surface area contributed by atoms with Gasteiger partial charge in [-0.1, -0.05) is 23.9 Å². The summed E-state index contributed by atoms with van der Waals surface area (Å²) in [6.45, 7) is 3.79. The minimum atomic E-state index is 0.212. The molecule has 2 rings (SSSR count). The highest BCUT2D eigenvalue weighted by atomic mass is 16.6. The molecule has 3 N–H and O–H groups in total. The Morgan fingerprint density at radius 1 is 1.22 bits per heavy atom. The zero-order valence-corrected chi connectivity index (χ0v) is 15.3. The van der Waals surface area contributed by atoms with Crippen LogP contribution >= 0.6 is 0 Å². The van der Waals surface area contributed by atoms with Crippen LogP contribution < -0.4 is 20.7 Å². The molecule has 142 valence electrons. The molecule has 0 saturated carbocycles. The van der Waals surface area contributed by atoms with Crippen molar-refractivity contribution in [3.8, 4) is 17.4 Å². The third-order valence-corrected chi connectivity index (χ3v) is 3.27. The number of aromatic nitrogens is 2. The number of benzene rings is 1. The highest BCUT2D eigenvalue weighted by molar-refractivity contribution is 5.88. The Hall–Kier alpha value is -3.59. The Kier molecular flexibility index (Phi) is 7.15. The number of hydrogen-bond acceptors (Lipinski definition) is 9. The molecular formula is C18H21N5O4. The van der Waals surface area contributed by atoms with Crippen LogP contribution in [-0.4, -0.2) is 37.5 Å². The van der Waals surface area contributed by atoms with Crippen molar-refractivity contribution in [3.63, 3.8) is 0 Å². The number of ether oxygens (including phenoxy) is 2. The number of anilines is 1. The molecule has 0 aliphatic rings. The van der Waals surface area contributed by atoms with Crippen molar-refractivity contribution >= 4 is 18.1 Å². The summed E-state index contributed by atoms with van der Waals surface area (Å²) in [6, 6.07) is 5.40. The van der Waals surface area contributed by atoms with Crippen molar-refractivity contribution < 1.29 is 19.1 Å². The zero-order valence-electron chi connectivity index (χ0n) is 15.3. The molecule has 0 spiro atoms. The topological polar surface area (TPSA) is 113 Å². The number of nitrogen functional groups attached to an aromatic ring is 1. The molecular weight excluding hydrogens is 350 g/mol. The molecule has 1 aromatic carbocycles. The highest BCUT2D eigenvalue weighted by Crippen LogP contribution is 2.33. The van der Waals surface area contributed by atoms with E-state index in [1.54, 1.807) is 25.3 Å². The minimum absolute atomic E-state index is 0.212.